The minimum atomic E-state index is 0.324. The number of allylic oxidation sites excluding steroid dienone is 3. The first-order valence-electron chi connectivity index (χ1n) is 8.91. The Kier molecular flexibility index (Phi) is 11.2. The molecule has 0 aromatic carbocycles. The van der Waals surface area contributed by atoms with Crippen LogP contribution in [0.1, 0.15) is 52.9 Å². The molecule has 2 nitrogen and oxygen atoms in total. The van der Waals surface area contributed by atoms with Crippen LogP contribution in [0, 0.1) is 0 Å². The number of unbranched alkanes of at least 4 members (excludes halogenated alkanes) is 1. The molecule has 24 heavy (non-hydrogen) atoms. The predicted octanol–water partition coefficient (Wildman–Crippen LogP) is 6.60. The van der Waals surface area contributed by atoms with Crippen LogP contribution in [0.4, 0.5) is 0 Å². The molecule has 0 aromatic rings. The molecule has 0 spiro atoms. The van der Waals surface area contributed by atoms with Crippen molar-refractivity contribution in [2.24, 2.45) is 4.99 Å². The van der Waals surface area contributed by atoms with E-state index in [2.05, 4.69) is 61.6 Å². The fraction of sp³-hybridized carbons (Fsp3) is 0.550. The van der Waals surface area contributed by atoms with E-state index in [4.69, 9.17) is 0 Å². The molecule has 1 aliphatic heterocycles. The third-order valence-electron chi connectivity index (χ3n) is 4.03. The highest BCUT2D eigenvalue weighted by Gasteiger charge is 2.29. The van der Waals surface area contributed by atoms with Crippen molar-refractivity contribution in [3.63, 3.8) is 0 Å². The van der Waals surface area contributed by atoms with Crippen LogP contribution >= 0.6 is 21.8 Å². The van der Waals surface area contributed by atoms with Crippen LogP contribution in [0.2, 0.25) is 0 Å². The lowest BCUT2D eigenvalue weighted by molar-refractivity contribution is 0.375. The number of hydrogen-bond donors (Lipinski definition) is 0. The standard InChI is InChI=1S/C20H32N2S2/c1-6-10-15-23-24-22-14-13-19(21-5)18(9-4)20(22)16-17(11-7-2)12-8-3/h7,9,11-12,20H,4-6,8,10,13-16H2,1-3H3/b11-7-,17-12+. The van der Waals surface area contributed by atoms with Gasteiger partial charge in [0.15, 0.2) is 0 Å². The summed E-state index contributed by atoms with van der Waals surface area (Å²) < 4.78 is 2.51. The van der Waals surface area contributed by atoms with Crippen molar-refractivity contribution in [2.45, 2.75) is 58.9 Å². The number of rotatable bonds is 11. The van der Waals surface area contributed by atoms with Gasteiger partial charge in [-0.25, -0.2) is 4.31 Å². The summed E-state index contributed by atoms with van der Waals surface area (Å²) in [6.07, 6.45) is 14.2. The first-order chi connectivity index (χ1) is 11.7. The van der Waals surface area contributed by atoms with Crippen LogP contribution in [0.15, 0.2) is 52.7 Å². The van der Waals surface area contributed by atoms with Crippen molar-refractivity contribution < 1.29 is 0 Å². The molecule has 134 valence electrons. The van der Waals surface area contributed by atoms with E-state index in [0.717, 1.165) is 31.5 Å². The maximum Gasteiger partial charge on any atom is 0.0518 e. The molecule has 0 bridgehead atoms. The first kappa shape index (κ1) is 21.3. The second kappa shape index (κ2) is 12.6. The number of aliphatic imine (C=N–C) groups is 1. The van der Waals surface area contributed by atoms with Crippen molar-refractivity contribution >= 4 is 28.5 Å². The summed E-state index contributed by atoms with van der Waals surface area (Å²) in [7, 11) is 3.88. The SMILES string of the molecule is C=CC1=C(N=C)CCN(SSCCCC)C1CC(/C=C\C)=C/CC. The molecule has 1 rings (SSSR count). The van der Waals surface area contributed by atoms with Gasteiger partial charge in [0.25, 0.3) is 0 Å². The van der Waals surface area contributed by atoms with Crippen LogP contribution < -0.4 is 0 Å². The van der Waals surface area contributed by atoms with Crippen molar-refractivity contribution in [1.29, 1.82) is 0 Å². The van der Waals surface area contributed by atoms with Gasteiger partial charge < -0.3 is 0 Å². The van der Waals surface area contributed by atoms with E-state index >= 15 is 0 Å². The fourth-order valence-electron chi connectivity index (χ4n) is 2.82. The van der Waals surface area contributed by atoms with Crippen LogP contribution in [0.5, 0.6) is 0 Å². The zero-order chi connectivity index (χ0) is 17.8. The fourth-order valence-corrected chi connectivity index (χ4v) is 5.41. The van der Waals surface area contributed by atoms with E-state index in [1.165, 1.54) is 29.7 Å². The van der Waals surface area contributed by atoms with Crippen LogP contribution in [0.25, 0.3) is 0 Å². The first-order valence-corrected chi connectivity index (χ1v) is 11.2. The van der Waals surface area contributed by atoms with E-state index in [-0.39, 0.29) is 0 Å². The number of hydrogen-bond acceptors (Lipinski definition) is 4. The van der Waals surface area contributed by atoms with Gasteiger partial charge in [-0.2, -0.15) is 0 Å². The van der Waals surface area contributed by atoms with E-state index in [1.54, 1.807) is 0 Å². The van der Waals surface area contributed by atoms with Gasteiger partial charge in [-0.1, -0.05) is 67.5 Å². The average Bonchev–Trinajstić information content (AvgIpc) is 2.59. The summed E-state index contributed by atoms with van der Waals surface area (Å²) >= 11 is 0. The minimum Gasteiger partial charge on any atom is -0.269 e. The highest BCUT2D eigenvalue weighted by Crippen LogP contribution is 2.38. The molecule has 1 atom stereocenters. The average molecular weight is 365 g/mol. The van der Waals surface area contributed by atoms with E-state index in [0.29, 0.717) is 6.04 Å². The molecule has 0 saturated carbocycles. The Morgan fingerprint density at radius 2 is 2.21 bits per heavy atom. The summed E-state index contributed by atoms with van der Waals surface area (Å²) in [5.41, 5.74) is 3.74. The Labute approximate surface area is 156 Å². The lowest BCUT2D eigenvalue weighted by Crippen LogP contribution is -2.36. The van der Waals surface area contributed by atoms with Crippen molar-refractivity contribution in [3.8, 4) is 0 Å². The lowest BCUT2D eigenvalue weighted by Gasteiger charge is -2.36. The van der Waals surface area contributed by atoms with Crippen molar-refractivity contribution in [2.75, 3.05) is 12.3 Å². The molecule has 0 saturated heterocycles. The monoisotopic (exact) mass is 364 g/mol. The van der Waals surface area contributed by atoms with E-state index in [1.807, 2.05) is 27.8 Å². The van der Waals surface area contributed by atoms with Gasteiger partial charge in [0, 0.05) is 24.4 Å². The smallest absolute Gasteiger partial charge is 0.0518 e. The summed E-state index contributed by atoms with van der Waals surface area (Å²) in [6, 6.07) is 0.324. The highest BCUT2D eigenvalue weighted by atomic mass is 33.1. The molecule has 1 unspecified atom stereocenters. The predicted molar refractivity (Wildman–Crippen MR) is 115 cm³/mol. The summed E-state index contributed by atoms with van der Waals surface area (Å²) in [4.78, 5) is 4.27. The topological polar surface area (TPSA) is 15.6 Å². The Bertz CT molecular complexity index is 492. The minimum absolute atomic E-state index is 0.324. The second-order valence-electron chi connectivity index (χ2n) is 5.81. The molecule has 0 aliphatic carbocycles. The molecular formula is C20H32N2S2. The van der Waals surface area contributed by atoms with Gasteiger partial charge in [0.05, 0.1) is 6.04 Å². The Balaban J connectivity index is 2.97. The van der Waals surface area contributed by atoms with Gasteiger partial charge in [-0.15, -0.1) is 0 Å². The molecule has 0 radical (unpaired) electrons. The van der Waals surface area contributed by atoms with Crippen LogP contribution in [-0.4, -0.2) is 29.4 Å². The third kappa shape index (κ3) is 6.66. The lowest BCUT2D eigenvalue weighted by atomic mass is 9.92. The third-order valence-corrected chi connectivity index (χ3v) is 6.61. The molecule has 0 amide bonds. The zero-order valence-electron chi connectivity index (χ0n) is 15.5. The molecule has 1 heterocycles. The Morgan fingerprint density at radius 3 is 2.79 bits per heavy atom. The highest BCUT2D eigenvalue weighted by molar-refractivity contribution is 8.75. The Morgan fingerprint density at radius 1 is 1.42 bits per heavy atom. The molecule has 4 heteroatoms. The van der Waals surface area contributed by atoms with Crippen molar-refractivity contribution in [3.05, 3.63) is 47.7 Å². The Hall–Kier alpha value is -0.710. The van der Waals surface area contributed by atoms with E-state index < -0.39 is 0 Å². The van der Waals surface area contributed by atoms with Crippen LogP contribution in [0.3, 0.4) is 0 Å². The summed E-state index contributed by atoms with van der Waals surface area (Å²) in [5, 5.41) is 0. The normalized spacial score (nSPS) is 20.0. The maximum atomic E-state index is 4.27. The molecular weight excluding hydrogens is 332 g/mol. The molecule has 0 fully saturated rings. The number of nitrogens with zero attached hydrogens (tertiary/aromatic N) is 2. The zero-order valence-corrected chi connectivity index (χ0v) is 17.1. The summed E-state index contributed by atoms with van der Waals surface area (Å²) in [6.45, 7) is 15.4. The quantitative estimate of drug-likeness (QED) is 0.135. The molecule has 0 aromatic heterocycles. The summed E-state index contributed by atoms with van der Waals surface area (Å²) in [5.74, 6) is 1.20. The molecule has 1 aliphatic rings. The van der Waals surface area contributed by atoms with Gasteiger partial charge in [0.2, 0.25) is 0 Å². The molecule has 0 N–H and O–H groups in total. The maximum absolute atomic E-state index is 4.27. The van der Waals surface area contributed by atoms with Crippen LogP contribution in [-0.2, 0) is 0 Å². The van der Waals surface area contributed by atoms with Gasteiger partial charge >= 0.3 is 0 Å². The van der Waals surface area contributed by atoms with Gasteiger partial charge in [-0.05, 0) is 49.5 Å². The second-order valence-corrected chi connectivity index (χ2v) is 8.23. The van der Waals surface area contributed by atoms with Crippen molar-refractivity contribution in [1.82, 2.24) is 4.31 Å². The van der Waals surface area contributed by atoms with E-state index in [9.17, 15) is 0 Å². The van der Waals surface area contributed by atoms with Gasteiger partial charge in [-0.3, -0.25) is 4.99 Å². The van der Waals surface area contributed by atoms with Gasteiger partial charge in [0.1, 0.15) is 0 Å². The largest absolute Gasteiger partial charge is 0.269 e.